The number of nitrogens with zero attached hydrogens (tertiary/aromatic N) is 6. The van der Waals surface area contributed by atoms with Crippen molar-refractivity contribution < 1.29 is 20.3 Å². The minimum atomic E-state index is -1.46. The van der Waals surface area contributed by atoms with Crippen LogP contribution in [0.3, 0.4) is 0 Å². The lowest BCUT2D eigenvalue weighted by Gasteiger charge is -2.01. The van der Waals surface area contributed by atoms with Gasteiger partial charge >= 0.3 is 7.12 Å². The normalized spacial score (nSPS) is 9.78. The van der Waals surface area contributed by atoms with Crippen molar-refractivity contribution in [3.05, 3.63) is 144 Å². The molecule has 0 saturated carbocycles. The number of hydrogen-bond acceptors (Lipinski definition) is 10. The van der Waals surface area contributed by atoms with Crippen LogP contribution in [0.25, 0.3) is 22.8 Å². The summed E-state index contributed by atoms with van der Waals surface area (Å²) in [5, 5.41) is 35.1. The van der Waals surface area contributed by atoms with Gasteiger partial charge in [0.05, 0.1) is 26.6 Å². The van der Waals surface area contributed by atoms with Gasteiger partial charge in [-0.1, -0.05) is 68.1 Å². The SMILES string of the molecule is Brc1cnc(I)nc1.C.ClCc1cccc(-c2ncc(Br)cn2)c1.OCc1cccc(-c2ncc(Br)cn2)c1.OCc1cccc(B(O)O)c1. The molecule has 10 nitrogen and oxygen atoms in total. The fourth-order valence-electron chi connectivity index (χ4n) is 3.67. The molecule has 6 rings (SSSR count). The van der Waals surface area contributed by atoms with Crippen molar-refractivity contribution >= 4 is 94.6 Å². The number of aromatic nitrogens is 6. The first-order valence-corrected chi connectivity index (χ1v) is 18.1. The lowest BCUT2D eigenvalue weighted by Crippen LogP contribution is -2.29. The average Bonchev–Trinajstić information content (AvgIpc) is 3.14. The number of benzene rings is 3. The minimum absolute atomic E-state index is 0. The van der Waals surface area contributed by atoms with Crippen LogP contribution in [0, 0.1) is 3.83 Å². The van der Waals surface area contributed by atoms with Crippen molar-refractivity contribution in [2.75, 3.05) is 0 Å². The van der Waals surface area contributed by atoms with Crippen molar-refractivity contribution in [1.82, 2.24) is 29.9 Å². The average molecular weight is 1000 g/mol. The van der Waals surface area contributed by atoms with Crippen LogP contribution < -0.4 is 5.46 Å². The summed E-state index contributed by atoms with van der Waals surface area (Å²) in [6, 6.07) is 22.0. The second kappa shape index (κ2) is 23.7. The van der Waals surface area contributed by atoms with Crippen LogP contribution >= 0.6 is 82.0 Å². The molecule has 6 aromatic rings. The van der Waals surface area contributed by atoms with E-state index in [2.05, 4.69) is 100 Å². The fourth-order valence-corrected chi connectivity index (χ4v) is 4.73. The lowest BCUT2D eigenvalue weighted by molar-refractivity contribution is 0.281. The van der Waals surface area contributed by atoms with E-state index in [4.69, 9.17) is 31.9 Å². The summed E-state index contributed by atoms with van der Waals surface area (Å²) in [5.41, 5.74) is 4.90. The molecule has 0 atom stereocenters. The van der Waals surface area contributed by atoms with Crippen LogP contribution in [-0.2, 0) is 19.1 Å². The van der Waals surface area contributed by atoms with E-state index in [0.717, 1.165) is 39.5 Å². The predicted molar refractivity (Wildman–Crippen MR) is 217 cm³/mol. The number of halogens is 5. The van der Waals surface area contributed by atoms with Crippen molar-refractivity contribution in [2.45, 2.75) is 26.5 Å². The van der Waals surface area contributed by atoms with Gasteiger partial charge in [-0.3, -0.25) is 0 Å². The molecule has 0 radical (unpaired) electrons. The quantitative estimate of drug-likeness (QED) is 0.0575. The second-order valence-electron chi connectivity index (χ2n) is 9.59. The van der Waals surface area contributed by atoms with Gasteiger partial charge in [0, 0.05) is 76.8 Å². The van der Waals surface area contributed by atoms with Crippen LogP contribution in [0.4, 0.5) is 0 Å². The van der Waals surface area contributed by atoms with Gasteiger partial charge < -0.3 is 20.3 Å². The number of rotatable bonds is 6. The van der Waals surface area contributed by atoms with Gasteiger partial charge in [-0.2, -0.15) is 0 Å². The van der Waals surface area contributed by atoms with Crippen molar-refractivity contribution in [3.8, 4) is 22.8 Å². The Morgan fingerprint density at radius 2 is 0.960 bits per heavy atom. The molecular formula is C34H32BBr3ClIN6O4. The van der Waals surface area contributed by atoms with Crippen LogP contribution in [0.1, 0.15) is 24.1 Å². The predicted octanol–water partition coefficient (Wildman–Crippen LogP) is 7.38. The summed E-state index contributed by atoms with van der Waals surface area (Å²) >= 11 is 17.6. The van der Waals surface area contributed by atoms with Gasteiger partial charge in [-0.05, 0) is 82.1 Å². The Kier molecular flexibility index (Phi) is 20.6. The Labute approximate surface area is 335 Å². The molecule has 16 heteroatoms. The number of alkyl halides is 1. The molecule has 4 N–H and O–H groups in total. The summed E-state index contributed by atoms with van der Waals surface area (Å²) in [7, 11) is -1.46. The Morgan fingerprint density at radius 1 is 0.580 bits per heavy atom. The van der Waals surface area contributed by atoms with E-state index in [0.29, 0.717) is 28.6 Å². The molecule has 0 saturated heterocycles. The first kappa shape index (κ1) is 43.4. The largest absolute Gasteiger partial charge is 0.488 e. The summed E-state index contributed by atoms with van der Waals surface area (Å²) in [6.45, 7) is -0.0507. The number of aliphatic hydroxyl groups excluding tert-OH is 2. The van der Waals surface area contributed by atoms with Crippen molar-refractivity contribution in [2.24, 2.45) is 0 Å². The summed E-state index contributed by atoms with van der Waals surface area (Å²) in [4.78, 5) is 24.6. The van der Waals surface area contributed by atoms with E-state index in [1.807, 2.05) is 48.5 Å². The molecule has 3 heterocycles. The molecule has 50 heavy (non-hydrogen) atoms. The highest BCUT2D eigenvalue weighted by atomic mass is 127. The molecule has 260 valence electrons. The van der Waals surface area contributed by atoms with Gasteiger partial charge in [0.15, 0.2) is 15.5 Å². The fraction of sp³-hybridized carbons (Fsp3) is 0.118. The maximum absolute atomic E-state index is 9.00. The third-order valence-electron chi connectivity index (χ3n) is 5.97. The van der Waals surface area contributed by atoms with Gasteiger partial charge in [-0.25, -0.2) is 29.9 Å². The topological polar surface area (TPSA) is 158 Å². The third kappa shape index (κ3) is 15.7. The van der Waals surface area contributed by atoms with Crippen molar-refractivity contribution in [3.63, 3.8) is 0 Å². The Hall–Kier alpha value is -2.74. The molecule has 0 aliphatic carbocycles. The monoisotopic (exact) mass is 998 g/mol. The van der Waals surface area contributed by atoms with Gasteiger partial charge in [0.2, 0.25) is 0 Å². The molecule has 3 aromatic heterocycles. The highest BCUT2D eigenvalue weighted by Gasteiger charge is 2.10. The first-order valence-electron chi connectivity index (χ1n) is 14.1. The molecular weight excluding hydrogens is 969 g/mol. The molecule has 0 fully saturated rings. The van der Waals surface area contributed by atoms with Crippen LogP contribution in [0.15, 0.2) is 123 Å². The Morgan fingerprint density at radius 3 is 1.36 bits per heavy atom. The van der Waals surface area contributed by atoms with E-state index in [-0.39, 0.29) is 20.6 Å². The van der Waals surface area contributed by atoms with Crippen LogP contribution in [-0.4, -0.2) is 57.3 Å². The van der Waals surface area contributed by atoms with E-state index in [1.54, 1.807) is 61.4 Å². The summed E-state index contributed by atoms with van der Waals surface area (Å²) < 4.78 is 3.41. The van der Waals surface area contributed by atoms with E-state index in [1.165, 1.54) is 0 Å². The third-order valence-corrected chi connectivity index (χ3v) is 8.06. The van der Waals surface area contributed by atoms with Gasteiger partial charge in [0.1, 0.15) is 0 Å². The zero-order valence-electron chi connectivity index (χ0n) is 25.5. The zero-order valence-corrected chi connectivity index (χ0v) is 33.1. The maximum atomic E-state index is 9.00. The first-order chi connectivity index (χ1) is 23.6. The Balaban J connectivity index is 0.000000236. The highest BCUT2D eigenvalue weighted by molar-refractivity contribution is 14.1. The van der Waals surface area contributed by atoms with E-state index in [9.17, 15) is 0 Å². The molecule has 0 amide bonds. The van der Waals surface area contributed by atoms with Crippen LogP contribution in [0.5, 0.6) is 0 Å². The maximum Gasteiger partial charge on any atom is 0.488 e. The standard InChI is InChI=1S/C11H8BrClN2.C11H9BrN2O.C7H9BO3.C4H2BrIN2.CH4/c12-10-6-14-11(15-7-10)9-3-1-2-8(4-9)5-13;12-10-5-13-11(14-6-10)9-3-1-2-8(4-9)7-15;9-5-6-2-1-3-7(4-6)8(10)11;5-3-1-7-4(6)8-2-3;/h1-4,6-7H,5H2;1-6,15H,7H2;1-4,9-11H,5H2;1-2H;1H4. The molecule has 0 bridgehead atoms. The van der Waals surface area contributed by atoms with Crippen molar-refractivity contribution in [1.29, 1.82) is 0 Å². The Bertz CT molecular complexity index is 1760. The number of hydrogen-bond donors (Lipinski definition) is 4. The minimum Gasteiger partial charge on any atom is -0.423 e. The highest BCUT2D eigenvalue weighted by Crippen LogP contribution is 2.19. The van der Waals surface area contributed by atoms with E-state index >= 15 is 0 Å². The second-order valence-corrected chi connectivity index (χ2v) is 13.6. The van der Waals surface area contributed by atoms with Gasteiger partial charge in [0.25, 0.3) is 0 Å². The van der Waals surface area contributed by atoms with Gasteiger partial charge in [-0.15, -0.1) is 11.6 Å². The molecule has 3 aromatic carbocycles. The van der Waals surface area contributed by atoms with Crippen LogP contribution in [0.2, 0.25) is 0 Å². The number of aliphatic hydroxyl groups is 2. The molecule has 0 aliphatic rings. The smallest absolute Gasteiger partial charge is 0.423 e. The molecule has 0 aliphatic heterocycles. The lowest BCUT2D eigenvalue weighted by atomic mass is 9.80. The molecule has 0 spiro atoms. The zero-order chi connectivity index (χ0) is 35.6. The molecule has 0 unspecified atom stereocenters. The van der Waals surface area contributed by atoms with E-state index < -0.39 is 7.12 Å². The summed E-state index contributed by atoms with van der Waals surface area (Å²) in [5.74, 6) is 1.88. The summed E-state index contributed by atoms with van der Waals surface area (Å²) in [6.07, 6.45) is 10.3.